The number of carbonyl (C=O) groups is 1. The zero-order valence-corrected chi connectivity index (χ0v) is 13.1. The molecule has 0 saturated heterocycles. The van der Waals surface area contributed by atoms with E-state index < -0.39 is 36.3 Å². The van der Waals surface area contributed by atoms with Crippen molar-refractivity contribution in [1.82, 2.24) is 9.13 Å². The number of halogens is 3. The minimum absolute atomic E-state index is 0.0658. The Labute approximate surface area is 143 Å². The molecule has 1 aliphatic rings. The van der Waals surface area contributed by atoms with E-state index in [1.807, 2.05) is 0 Å². The Balaban J connectivity index is 1.72. The van der Waals surface area contributed by atoms with Crippen molar-refractivity contribution in [1.29, 1.82) is 0 Å². The maximum atomic E-state index is 12.3. The van der Waals surface area contributed by atoms with E-state index in [1.165, 1.54) is 6.07 Å². The van der Waals surface area contributed by atoms with Gasteiger partial charge in [-0.15, -0.1) is 0 Å². The second kappa shape index (κ2) is 6.58. The van der Waals surface area contributed by atoms with Crippen LogP contribution in [0.25, 0.3) is 0 Å². The molecule has 1 N–H and O–H groups in total. The third kappa shape index (κ3) is 3.87. The summed E-state index contributed by atoms with van der Waals surface area (Å²) in [6, 6.07) is 4.66. The Morgan fingerprint density at radius 2 is 1.73 bits per heavy atom. The van der Waals surface area contributed by atoms with Crippen molar-refractivity contribution in [2.45, 2.75) is 19.3 Å². The van der Waals surface area contributed by atoms with Gasteiger partial charge in [0.15, 0.2) is 11.5 Å². The predicted octanol–water partition coefficient (Wildman–Crippen LogP) is 0.940. The molecule has 2 aromatic rings. The fourth-order valence-electron chi connectivity index (χ4n) is 2.31. The average Bonchev–Trinajstić information content (AvgIpc) is 3.01. The monoisotopic (exact) mass is 371 g/mol. The van der Waals surface area contributed by atoms with E-state index in [9.17, 15) is 27.6 Å². The first-order chi connectivity index (χ1) is 12.2. The van der Waals surface area contributed by atoms with E-state index in [2.05, 4.69) is 5.32 Å². The summed E-state index contributed by atoms with van der Waals surface area (Å²) >= 11 is 0. The number of aromatic nitrogens is 2. The van der Waals surface area contributed by atoms with E-state index in [1.54, 1.807) is 12.1 Å². The first kappa shape index (κ1) is 17.6. The van der Waals surface area contributed by atoms with Crippen molar-refractivity contribution in [2.24, 2.45) is 0 Å². The molecule has 0 atom stereocenters. The van der Waals surface area contributed by atoms with Crippen molar-refractivity contribution in [3.63, 3.8) is 0 Å². The van der Waals surface area contributed by atoms with Gasteiger partial charge in [-0.1, -0.05) is 0 Å². The maximum absolute atomic E-state index is 12.3. The second-order valence-electron chi connectivity index (χ2n) is 5.40. The van der Waals surface area contributed by atoms with Crippen LogP contribution in [0, 0.1) is 0 Å². The van der Waals surface area contributed by atoms with E-state index in [-0.39, 0.29) is 11.4 Å². The Hall–Kier alpha value is -3.24. The molecule has 2 heterocycles. The lowest BCUT2D eigenvalue weighted by molar-refractivity contribution is -0.141. The Morgan fingerprint density at radius 3 is 2.46 bits per heavy atom. The fourth-order valence-corrected chi connectivity index (χ4v) is 2.31. The van der Waals surface area contributed by atoms with Gasteiger partial charge in [0.2, 0.25) is 12.7 Å². The van der Waals surface area contributed by atoms with Crippen LogP contribution in [0.5, 0.6) is 11.5 Å². The van der Waals surface area contributed by atoms with Gasteiger partial charge in [0, 0.05) is 24.1 Å². The highest BCUT2D eigenvalue weighted by atomic mass is 19.4. The van der Waals surface area contributed by atoms with Crippen LogP contribution in [0.1, 0.15) is 0 Å². The minimum atomic E-state index is -4.64. The van der Waals surface area contributed by atoms with Crippen LogP contribution in [0.3, 0.4) is 0 Å². The van der Waals surface area contributed by atoms with Gasteiger partial charge in [-0.25, -0.2) is 0 Å². The summed E-state index contributed by atoms with van der Waals surface area (Å²) in [6.45, 7) is -2.04. The van der Waals surface area contributed by atoms with Gasteiger partial charge < -0.3 is 19.4 Å². The normalized spacial score (nSPS) is 12.9. The molecule has 0 unspecified atom stereocenters. The van der Waals surface area contributed by atoms with Crippen LogP contribution < -0.4 is 25.9 Å². The van der Waals surface area contributed by atoms with Gasteiger partial charge >= 0.3 is 17.3 Å². The average molecular weight is 371 g/mol. The number of nitrogens with zero attached hydrogens (tertiary/aromatic N) is 2. The number of rotatable bonds is 4. The predicted molar refractivity (Wildman–Crippen MR) is 82.2 cm³/mol. The van der Waals surface area contributed by atoms with Crippen molar-refractivity contribution >= 4 is 11.6 Å². The van der Waals surface area contributed by atoms with E-state index >= 15 is 0 Å². The molecule has 0 spiro atoms. The number of benzene rings is 1. The number of hydrogen-bond acceptors (Lipinski definition) is 5. The first-order valence-electron chi connectivity index (χ1n) is 7.29. The zero-order chi connectivity index (χ0) is 18.9. The summed E-state index contributed by atoms with van der Waals surface area (Å²) in [6.07, 6.45) is -2.88. The quantitative estimate of drug-likeness (QED) is 0.808. The first-order valence-corrected chi connectivity index (χ1v) is 7.29. The lowest BCUT2D eigenvalue weighted by Crippen LogP contribution is -2.43. The van der Waals surface area contributed by atoms with Crippen molar-refractivity contribution < 1.29 is 27.4 Å². The topological polar surface area (TPSA) is 91.6 Å². The summed E-state index contributed by atoms with van der Waals surface area (Å²) in [5.41, 5.74) is -2.21. The summed E-state index contributed by atoms with van der Waals surface area (Å²) < 4.78 is 48.3. The molecule has 3 rings (SSSR count). The van der Waals surface area contributed by atoms with Crippen LogP contribution in [-0.2, 0) is 17.9 Å². The van der Waals surface area contributed by atoms with E-state index in [0.29, 0.717) is 17.2 Å². The standard InChI is InChI=1S/C15H12F3N3O5/c16-15(17,18)7-21-4-3-20(13(23)14(21)24)6-12(22)19-9-1-2-10-11(5-9)26-8-25-10/h1-5H,6-8H2,(H,19,22). The molecule has 0 saturated carbocycles. The highest BCUT2D eigenvalue weighted by Gasteiger charge is 2.29. The minimum Gasteiger partial charge on any atom is -0.454 e. The smallest absolute Gasteiger partial charge is 0.406 e. The van der Waals surface area contributed by atoms with Crippen LogP contribution in [0.2, 0.25) is 0 Å². The fraction of sp³-hybridized carbons (Fsp3) is 0.267. The summed E-state index contributed by atoms with van der Waals surface area (Å²) in [4.78, 5) is 35.6. The van der Waals surface area contributed by atoms with Gasteiger partial charge in [-0.2, -0.15) is 13.2 Å². The molecule has 0 bridgehead atoms. The highest BCUT2D eigenvalue weighted by Crippen LogP contribution is 2.34. The number of amides is 1. The van der Waals surface area contributed by atoms with Crippen LogP contribution in [-0.4, -0.2) is 28.0 Å². The summed E-state index contributed by atoms with van der Waals surface area (Å²) in [7, 11) is 0. The Morgan fingerprint density at radius 1 is 1.08 bits per heavy atom. The highest BCUT2D eigenvalue weighted by molar-refractivity contribution is 5.90. The lowest BCUT2D eigenvalue weighted by atomic mass is 10.3. The number of alkyl halides is 3. The molecule has 0 aliphatic carbocycles. The number of nitrogens with one attached hydrogen (secondary N) is 1. The SMILES string of the molecule is O=C(Cn1ccn(CC(F)(F)F)c(=O)c1=O)Nc1ccc2c(c1)OCO2. The molecule has 1 aliphatic heterocycles. The number of ether oxygens (including phenoxy) is 2. The van der Waals surface area contributed by atoms with Gasteiger partial charge in [0.05, 0.1) is 0 Å². The lowest BCUT2D eigenvalue weighted by Gasteiger charge is -2.11. The number of anilines is 1. The number of hydrogen-bond donors (Lipinski definition) is 1. The van der Waals surface area contributed by atoms with Crippen molar-refractivity contribution in [2.75, 3.05) is 12.1 Å². The van der Waals surface area contributed by atoms with Gasteiger partial charge in [-0.05, 0) is 12.1 Å². The molecule has 11 heteroatoms. The van der Waals surface area contributed by atoms with E-state index in [0.717, 1.165) is 17.0 Å². The molecule has 0 radical (unpaired) electrons. The van der Waals surface area contributed by atoms with Gasteiger partial charge in [-0.3, -0.25) is 19.0 Å². The molecule has 1 amide bonds. The summed E-state index contributed by atoms with van der Waals surface area (Å²) in [5, 5.41) is 2.50. The Bertz CT molecular complexity index is 964. The summed E-state index contributed by atoms with van der Waals surface area (Å²) in [5.74, 6) is 0.321. The molecule has 8 nitrogen and oxygen atoms in total. The molecular weight excluding hydrogens is 359 g/mol. The molecule has 138 valence electrons. The van der Waals surface area contributed by atoms with Crippen LogP contribution >= 0.6 is 0 Å². The molecule has 1 aromatic heterocycles. The largest absolute Gasteiger partial charge is 0.454 e. The van der Waals surface area contributed by atoms with Crippen molar-refractivity contribution in [3.8, 4) is 11.5 Å². The molecular formula is C15H12F3N3O5. The van der Waals surface area contributed by atoms with Gasteiger partial charge in [0.1, 0.15) is 13.1 Å². The number of carbonyl (C=O) groups excluding carboxylic acids is 1. The van der Waals surface area contributed by atoms with Crippen LogP contribution in [0.15, 0.2) is 40.2 Å². The zero-order valence-electron chi connectivity index (χ0n) is 13.1. The Kier molecular flexibility index (Phi) is 4.45. The third-order valence-electron chi connectivity index (χ3n) is 3.45. The van der Waals surface area contributed by atoms with E-state index in [4.69, 9.17) is 9.47 Å². The third-order valence-corrected chi connectivity index (χ3v) is 3.45. The number of fused-ring (bicyclic) bond motifs is 1. The van der Waals surface area contributed by atoms with Crippen molar-refractivity contribution in [3.05, 3.63) is 51.3 Å². The maximum Gasteiger partial charge on any atom is 0.406 e. The van der Waals surface area contributed by atoms with Crippen LogP contribution in [0.4, 0.5) is 18.9 Å². The second-order valence-corrected chi connectivity index (χ2v) is 5.40. The molecule has 0 fully saturated rings. The molecule has 26 heavy (non-hydrogen) atoms. The van der Waals surface area contributed by atoms with Gasteiger partial charge in [0.25, 0.3) is 0 Å². The molecule has 1 aromatic carbocycles.